The molecule has 0 spiro atoms. The van der Waals surface area contributed by atoms with Crippen LogP contribution in [0.2, 0.25) is 10.0 Å². The maximum absolute atomic E-state index is 12.7. The minimum Gasteiger partial charge on any atom is -0.452 e. The molecule has 5 nitrogen and oxygen atoms in total. The zero-order chi connectivity index (χ0) is 20.3. The van der Waals surface area contributed by atoms with Crippen molar-refractivity contribution in [1.29, 1.82) is 0 Å². The number of hydrogen-bond donors (Lipinski definition) is 0. The van der Waals surface area contributed by atoms with Gasteiger partial charge in [0.05, 0.1) is 21.3 Å². The zero-order valence-electron chi connectivity index (χ0n) is 14.4. The lowest BCUT2D eigenvalue weighted by molar-refractivity contribution is -0.137. The van der Waals surface area contributed by atoms with Crippen LogP contribution >= 0.6 is 35.0 Å². The van der Waals surface area contributed by atoms with Gasteiger partial charge in [-0.2, -0.15) is 13.2 Å². The van der Waals surface area contributed by atoms with E-state index in [4.69, 9.17) is 27.9 Å². The van der Waals surface area contributed by atoms with Crippen molar-refractivity contribution in [3.8, 4) is 11.7 Å². The van der Waals surface area contributed by atoms with Crippen molar-refractivity contribution in [2.45, 2.75) is 35.8 Å². The van der Waals surface area contributed by atoms with Crippen LogP contribution in [0.4, 0.5) is 13.2 Å². The summed E-state index contributed by atoms with van der Waals surface area (Å²) in [7, 11) is 0. The molecule has 0 bridgehead atoms. The van der Waals surface area contributed by atoms with Gasteiger partial charge in [-0.25, -0.2) is 9.55 Å². The highest BCUT2D eigenvalue weighted by molar-refractivity contribution is 7.99. The average Bonchev–Trinajstić information content (AvgIpc) is 2.98. The molecule has 1 aliphatic heterocycles. The second-order valence-corrected chi connectivity index (χ2v) is 8.28. The Hall–Kier alpha value is -1.97. The molecule has 0 amide bonds. The largest absolute Gasteiger partial charge is 0.452 e. The highest BCUT2D eigenvalue weighted by atomic mass is 35.5. The van der Waals surface area contributed by atoms with Crippen molar-refractivity contribution in [3.63, 3.8) is 0 Å². The van der Waals surface area contributed by atoms with Gasteiger partial charge in [0.25, 0.3) is 0 Å². The van der Waals surface area contributed by atoms with Crippen molar-refractivity contribution >= 4 is 35.0 Å². The summed E-state index contributed by atoms with van der Waals surface area (Å²) in [5.41, 5.74) is -0.0883. The number of ether oxygens (including phenoxy) is 1. The molecule has 0 unspecified atom stereocenters. The smallest absolute Gasteiger partial charge is 0.417 e. The first-order chi connectivity index (χ1) is 13.1. The Morgan fingerprint density at radius 3 is 2.46 bits per heavy atom. The number of fused-ring (bicyclic) bond motifs is 3. The Labute approximate surface area is 171 Å². The summed E-state index contributed by atoms with van der Waals surface area (Å²) in [6, 6.07) is 5.88. The van der Waals surface area contributed by atoms with Gasteiger partial charge in [-0.05, 0) is 49.9 Å². The number of halogens is 5. The summed E-state index contributed by atoms with van der Waals surface area (Å²) in [5, 5.41) is 9.57. The molecule has 28 heavy (non-hydrogen) atoms. The fourth-order valence-electron chi connectivity index (χ4n) is 2.78. The van der Waals surface area contributed by atoms with Crippen molar-refractivity contribution < 1.29 is 17.9 Å². The zero-order valence-corrected chi connectivity index (χ0v) is 16.7. The molecular formula is C17H11Cl2F3N4OS. The Balaban J connectivity index is 1.76. The highest BCUT2D eigenvalue weighted by Crippen LogP contribution is 2.44. The van der Waals surface area contributed by atoms with Gasteiger partial charge in [-0.3, -0.25) is 0 Å². The lowest BCUT2D eigenvalue weighted by Crippen LogP contribution is -2.32. The van der Waals surface area contributed by atoms with E-state index in [-0.39, 0.29) is 6.01 Å². The molecule has 0 fully saturated rings. The number of pyridine rings is 1. The summed E-state index contributed by atoms with van der Waals surface area (Å²) in [5.74, 6) is 0. The predicted octanol–water partition coefficient (Wildman–Crippen LogP) is 5.77. The first-order valence-electron chi connectivity index (χ1n) is 7.92. The summed E-state index contributed by atoms with van der Waals surface area (Å²) in [6.45, 7) is 3.72. The Morgan fingerprint density at radius 2 is 1.82 bits per heavy atom. The van der Waals surface area contributed by atoms with Crippen molar-refractivity contribution in [3.05, 3.63) is 51.6 Å². The maximum Gasteiger partial charge on any atom is 0.417 e. The van der Waals surface area contributed by atoms with Crippen LogP contribution in [-0.2, 0) is 11.8 Å². The van der Waals surface area contributed by atoms with Gasteiger partial charge in [-0.1, -0.05) is 28.3 Å². The molecular weight excluding hydrogens is 436 g/mol. The highest BCUT2D eigenvalue weighted by Gasteiger charge is 2.37. The van der Waals surface area contributed by atoms with E-state index in [1.807, 2.05) is 13.8 Å². The summed E-state index contributed by atoms with van der Waals surface area (Å²) < 4.78 is 45.7. The van der Waals surface area contributed by atoms with Crippen LogP contribution in [0.25, 0.3) is 5.69 Å². The number of rotatable bonds is 2. The first kappa shape index (κ1) is 19.4. The quantitative estimate of drug-likeness (QED) is 0.500. The molecule has 146 valence electrons. The van der Waals surface area contributed by atoms with Crippen LogP contribution in [0.3, 0.4) is 0 Å². The van der Waals surface area contributed by atoms with Crippen LogP contribution < -0.4 is 4.74 Å². The van der Waals surface area contributed by atoms with E-state index >= 15 is 0 Å². The van der Waals surface area contributed by atoms with Gasteiger partial charge in [0.15, 0.2) is 0 Å². The van der Waals surface area contributed by atoms with Gasteiger partial charge in [0.2, 0.25) is 5.16 Å². The molecule has 3 aromatic rings. The molecule has 0 radical (unpaired) electrons. The van der Waals surface area contributed by atoms with Crippen LogP contribution in [0.5, 0.6) is 6.01 Å². The fraction of sp³-hybridized carbons (Fsp3) is 0.235. The Bertz CT molecular complexity index is 1070. The molecule has 0 N–H and O–H groups in total. The molecule has 1 aromatic carbocycles. The van der Waals surface area contributed by atoms with Crippen LogP contribution in [0.15, 0.2) is 40.6 Å². The Morgan fingerprint density at radius 1 is 1.11 bits per heavy atom. The normalized spacial score (nSPS) is 15.0. The molecule has 3 heterocycles. The van der Waals surface area contributed by atoms with E-state index in [1.165, 1.54) is 6.07 Å². The average molecular weight is 447 g/mol. The van der Waals surface area contributed by atoms with E-state index in [0.717, 1.165) is 29.6 Å². The summed E-state index contributed by atoms with van der Waals surface area (Å²) in [6.07, 6.45) is -3.67. The molecule has 4 rings (SSSR count). The summed E-state index contributed by atoms with van der Waals surface area (Å²) in [4.78, 5) is 3.86. The first-order valence-corrected chi connectivity index (χ1v) is 9.49. The van der Waals surface area contributed by atoms with Crippen LogP contribution in [0.1, 0.15) is 25.0 Å². The second kappa shape index (κ2) is 6.53. The third kappa shape index (κ3) is 3.31. The Kier molecular flexibility index (Phi) is 4.52. The van der Waals surface area contributed by atoms with Crippen LogP contribution in [0, 0.1) is 0 Å². The standard InChI is InChI=1S/C17H11Cl2F3N4OS/c1-16(2)9-5-10(18)11(19)6-12(9)26-14(27-16)24-25-15(26)28-13-4-3-8(7-23-13)17(20,21)22/h3-7H,1-2H3. The van der Waals surface area contributed by atoms with Gasteiger partial charge < -0.3 is 4.74 Å². The lowest BCUT2D eigenvalue weighted by Gasteiger charge is -2.33. The molecule has 0 saturated heterocycles. The minimum absolute atomic E-state index is 0.241. The van der Waals surface area contributed by atoms with E-state index in [0.29, 0.717) is 25.9 Å². The molecule has 2 aromatic heterocycles. The van der Waals surface area contributed by atoms with E-state index in [1.54, 1.807) is 16.7 Å². The monoisotopic (exact) mass is 446 g/mol. The SMILES string of the molecule is CC1(C)Oc2nnc(Sc3ccc(C(F)(F)F)cn3)n2-c2cc(Cl)c(Cl)cc21. The molecule has 0 atom stereocenters. The predicted molar refractivity (Wildman–Crippen MR) is 98.4 cm³/mol. The van der Waals surface area contributed by atoms with E-state index in [2.05, 4.69) is 15.2 Å². The molecule has 0 aliphatic carbocycles. The van der Waals surface area contributed by atoms with Gasteiger partial charge in [-0.15, -0.1) is 5.10 Å². The van der Waals surface area contributed by atoms with Crippen molar-refractivity contribution in [1.82, 2.24) is 19.7 Å². The van der Waals surface area contributed by atoms with Crippen LogP contribution in [-0.4, -0.2) is 19.7 Å². The number of alkyl halides is 3. The fourth-order valence-corrected chi connectivity index (χ4v) is 3.88. The number of benzene rings is 1. The van der Waals surface area contributed by atoms with Gasteiger partial charge in [0.1, 0.15) is 10.6 Å². The third-order valence-corrected chi connectivity index (χ3v) is 5.76. The number of hydrogen-bond acceptors (Lipinski definition) is 5. The van der Waals surface area contributed by atoms with E-state index < -0.39 is 17.3 Å². The number of aromatic nitrogens is 4. The molecule has 11 heteroatoms. The van der Waals surface area contributed by atoms with Crippen molar-refractivity contribution in [2.75, 3.05) is 0 Å². The maximum atomic E-state index is 12.7. The topological polar surface area (TPSA) is 52.8 Å². The lowest BCUT2D eigenvalue weighted by atomic mass is 9.95. The summed E-state index contributed by atoms with van der Waals surface area (Å²) >= 11 is 13.4. The van der Waals surface area contributed by atoms with Gasteiger partial charge in [0, 0.05) is 11.8 Å². The van der Waals surface area contributed by atoms with E-state index in [9.17, 15) is 13.2 Å². The minimum atomic E-state index is -4.45. The number of nitrogens with zero attached hydrogens (tertiary/aromatic N) is 4. The third-order valence-electron chi connectivity index (χ3n) is 4.14. The second-order valence-electron chi connectivity index (χ2n) is 6.48. The van der Waals surface area contributed by atoms with Crippen molar-refractivity contribution in [2.24, 2.45) is 0 Å². The molecule has 0 saturated carbocycles. The van der Waals surface area contributed by atoms with Gasteiger partial charge >= 0.3 is 12.2 Å². The molecule has 1 aliphatic rings.